The van der Waals surface area contributed by atoms with Crippen LogP contribution < -0.4 is 10.5 Å². The van der Waals surface area contributed by atoms with E-state index in [1.54, 1.807) is 6.07 Å². The Kier molecular flexibility index (Phi) is 9.33. The van der Waals surface area contributed by atoms with Crippen molar-refractivity contribution in [2.75, 3.05) is 19.4 Å². The maximum atomic E-state index is 15.1. The number of carbonyl (C=O) groups is 1. The first-order valence-corrected chi connectivity index (χ1v) is 13.9. The number of hydrogen-bond acceptors (Lipinski definition) is 10. The van der Waals surface area contributed by atoms with E-state index in [2.05, 4.69) is 24.5 Å². The third-order valence-electron chi connectivity index (χ3n) is 6.39. The largest absolute Gasteiger partial charge is 0.490 e. The van der Waals surface area contributed by atoms with Crippen LogP contribution in [-0.2, 0) is 20.1 Å². The van der Waals surface area contributed by atoms with Crippen LogP contribution in [0.2, 0.25) is 0 Å². The summed E-state index contributed by atoms with van der Waals surface area (Å²) in [4.78, 5) is 21.6. The number of aliphatic carboxylic acids is 1. The molecule has 1 aliphatic rings. The van der Waals surface area contributed by atoms with E-state index < -0.39 is 56.5 Å². The lowest BCUT2D eigenvalue weighted by Crippen LogP contribution is -2.55. The molecule has 3 heterocycles. The zero-order valence-electron chi connectivity index (χ0n) is 23.3. The van der Waals surface area contributed by atoms with Gasteiger partial charge in [-0.15, -0.1) is 0 Å². The first-order valence-electron chi connectivity index (χ1n) is 12.2. The van der Waals surface area contributed by atoms with Gasteiger partial charge in [-0.1, -0.05) is 5.16 Å². The fourth-order valence-corrected chi connectivity index (χ4v) is 6.34. The van der Waals surface area contributed by atoms with Crippen molar-refractivity contribution >= 4 is 21.5 Å². The van der Waals surface area contributed by atoms with Gasteiger partial charge in [0.15, 0.2) is 5.76 Å². The molecule has 2 atom stereocenters. The van der Waals surface area contributed by atoms with Crippen LogP contribution in [0.3, 0.4) is 0 Å². The van der Waals surface area contributed by atoms with E-state index in [9.17, 15) is 30.6 Å². The first-order chi connectivity index (χ1) is 20.1. The Labute approximate surface area is 245 Å². The molecular formula is C25H25F7N6O5S. The lowest BCUT2D eigenvalue weighted by atomic mass is 9.91. The van der Waals surface area contributed by atoms with Crippen LogP contribution in [0.4, 0.5) is 30.7 Å². The van der Waals surface area contributed by atoms with E-state index in [1.165, 1.54) is 52.4 Å². The average Bonchev–Trinajstić information content (AvgIpc) is 3.41. The predicted octanol–water partition coefficient (Wildman–Crippen LogP) is 4.97. The van der Waals surface area contributed by atoms with E-state index >= 15 is 4.39 Å². The third kappa shape index (κ3) is 7.43. The molecule has 4 rings (SSSR count). The lowest BCUT2D eigenvalue weighted by Gasteiger charge is -2.40. The minimum atomic E-state index is -5.08. The zero-order chi connectivity index (χ0) is 33.3. The standard InChI is InChI=1S/C23H24F4N6O3S.C2HF3O2/c1-21(2)20(28)32-22(3,12-37(21,34)31-11-23(25,26)27)14-7-13(5-6-15(14)24)18-8-16(33-36-18)17-9-30-19(35-4)10-29-17;3-2(4,5)1(6)7/h5-10H,11-12H2,1-4H3,(H2,28,32);(H,6,7)/t22-,37?;/m0./s1. The zero-order valence-corrected chi connectivity index (χ0v) is 24.1. The molecule has 11 nitrogen and oxygen atoms in total. The fourth-order valence-electron chi connectivity index (χ4n) is 3.86. The lowest BCUT2D eigenvalue weighted by molar-refractivity contribution is -0.192. The number of nitrogens with two attached hydrogens (primary N) is 1. The van der Waals surface area contributed by atoms with E-state index in [1.807, 2.05) is 0 Å². The third-order valence-corrected chi connectivity index (χ3v) is 9.70. The molecule has 240 valence electrons. The molecule has 3 N–H and O–H groups in total. The second kappa shape index (κ2) is 12.0. The quantitative estimate of drug-likeness (QED) is 0.361. The molecule has 0 bridgehead atoms. The summed E-state index contributed by atoms with van der Waals surface area (Å²) in [6.07, 6.45) is -6.89. The number of carboxylic acids is 1. The van der Waals surface area contributed by atoms with Gasteiger partial charge in [0, 0.05) is 17.2 Å². The van der Waals surface area contributed by atoms with Gasteiger partial charge in [0.1, 0.15) is 39.9 Å². The minimum Gasteiger partial charge on any atom is -0.480 e. The van der Waals surface area contributed by atoms with Crippen molar-refractivity contribution < 1.29 is 54.1 Å². The highest BCUT2D eigenvalue weighted by Crippen LogP contribution is 2.40. The fraction of sp³-hybridized carbons (Fsp3) is 0.400. The van der Waals surface area contributed by atoms with Gasteiger partial charge in [-0.3, -0.25) is 4.99 Å². The second-order valence-corrected chi connectivity index (χ2v) is 12.8. The maximum Gasteiger partial charge on any atom is 0.490 e. The molecule has 3 aromatic rings. The molecule has 1 aliphatic heterocycles. The average molecular weight is 655 g/mol. The van der Waals surface area contributed by atoms with Crippen molar-refractivity contribution in [1.82, 2.24) is 15.1 Å². The van der Waals surface area contributed by atoms with Gasteiger partial charge in [-0.05, 0) is 39.0 Å². The highest BCUT2D eigenvalue weighted by molar-refractivity contribution is 7.95. The SMILES string of the molecule is COc1cnc(-c2cc(-c3ccc(F)c([C@]4(C)CS(=O)(=NCC(F)(F)F)C(C)(C)C(N)=N4)c3)on2)cn1.O=C(O)C(F)(F)F. The Morgan fingerprint density at radius 2 is 1.75 bits per heavy atom. The Morgan fingerprint density at radius 3 is 2.27 bits per heavy atom. The summed E-state index contributed by atoms with van der Waals surface area (Å²) in [6, 6.07) is 5.58. The van der Waals surface area contributed by atoms with Gasteiger partial charge >= 0.3 is 18.3 Å². The Morgan fingerprint density at radius 1 is 1.11 bits per heavy atom. The number of aromatic nitrogens is 3. The number of alkyl halides is 6. The summed E-state index contributed by atoms with van der Waals surface area (Å²) >= 11 is 0. The van der Waals surface area contributed by atoms with Crippen molar-refractivity contribution in [3.05, 3.63) is 48.0 Å². The Bertz CT molecular complexity index is 1680. The molecule has 0 saturated carbocycles. The molecule has 0 fully saturated rings. The molecular weight excluding hydrogens is 629 g/mol. The molecule has 0 saturated heterocycles. The number of benzene rings is 1. The van der Waals surface area contributed by atoms with Gasteiger partial charge < -0.3 is 20.1 Å². The van der Waals surface area contributed by atoms with Crippen LogP contribution in [-0.4, -0.2) is 72.8 Å². The Balaban J connectivity index is 0.000000676. The summed E-state index contributed by atoms with van der Waals surface area (Å²) in [7, 11) is -2.16. The minimum absolute atomic E-state index is 0.0272. The molecule has 0 spiro atoms. The first kappa shape index (κ1) is 34.2. The molecule has 1 aromatic carbocycles. The van der Waals surface area contributed by atoms with Gasteiger partial charge in [-0.2, -0.15) is 26.3 Å². The van der Waals surface area contributed by atoms with Crippen LogP contribution in [0.25, 0.3) is 22.7 Å². The van der Waals surface area contributed by atoms with Crippen molar-refractivity contribution in [2.45, 2.75) is 43.4 Å². The van der Waals surface area contributed by atoms with E-state index in [0.29, 0.717) is 22.8 Å². The van der Waals surface area contributed by atoms with Crippen molar-refractivity contribution in [3.63, 3.8) is 0 Å². The number of carboxylic acid groups (broad SMARTS) is 1. The van der Waals surface area contributed by atoms with Crippen LogP contribution in [0, 0.1) is 5.82 Å². The Hall–Kier alpha value is -4.29. The number of nitrogens with zero attached hydrogens (tertiary/aromatic N) is 5. The number of methoxy groups -OCH3 is 1. The summed E-state index contributed by atoms with van der Waals surface area (Å²) in [6.45, 7) is 2.67. The normalized spacial score (nSPS) is 21.5. The van der Waals surface area contributed by atoms with E-state index in [4.69, 9.17) is 24.9 Å². The van der Waals surface area contributed by atoms with Gasteiger partial charge in [0.05, 0.1) is 35.0 Å². The molecule has 19 heteroatoms. The number of halogens is 7. The monoisotopic (exact) mass is 654 g/mol. The van der Waals surface area contributed by atoms with Crippen LogP contribution in [0.1, 0.15) is 26.3 Å². The number of ether oxygens (including phenoxy) is 1. The van der Waals surface area contributed by atoms with Crippen molar-refractivity contribution in [2.24, 2.45) is 15.1 Å². The summed E-state index contributed by atoms with van der Waals surface area (Å²) < 4.78 is 112. The molecule has 2 aromatic heterocycles. The predicted molar refractivity (Wildman–Crippen MR) is 143 cm³/mol. The molecule has 0 radical (unpaired) electrons. The molecule has 0 amide bonds. The number of hydrogen-bond donors (Lipinski definition) is 2. The number of amidine groups is 1. The van der Waals surface area contributed by atoms with Crippen LogP contribution >= 0.6 is 0 Å². The topological polar surface area (TPSA) is 166 Å². The van der Waals surface area contributed by atoms with Crippen LogP contribution in [0.15, 0.2) is 50.5 Å². The summed E-state index contributed by atoms with van der Waals surface area (Å²) in [5, 5.41) is 11.1. The van der Waals surface area contributed by atoms with Crippen molar-refractivity contribution in [1.29, 1.82) is 0 Å². The number of rotatable bonds is 5. The molecule has 1 unspecified atom stereocenters. The van der Waals surface area contributed by atoms with Gasteiger partial charge in [0.25, 0.3) is 0 Å². The van der Waals surface area contributed by atoms with Crippen molar-refractivity contribution in [3.8, 4) is 28.6 Å². The van der Waals surface area contributed by atoms with E-state index in [-0.39, 0.29) is 17.2 Å². The highest BCUT2D eigenvalue weighted by atomic mass is 32.2. The van der Waals surface area contributed by atoms with E-state index in [0.717, 1.165) is 6.07 Å². The van der Waals surface area contributed by atoms with Gasteiger partial charge in [0.2, 0.25) is 5.88 Å². The molecule has 44 heavy (non-hydrogen) atoms. The summed E-state index contributed by atoms with van der Waals surface area (Å²) in [5.74, 6) is -3.53. The van der Waals surface area contributed by atoms with Crippen LogP contribution in [0.5, 0.6) is 5.88 Å². The summed E-state index contributed by atoms with van der Waals surface area (Å²) in [5.41, 5.74) is 5.66. The smallest absolute Gasteiger partial charge is 0.480 e. The second-order valence-electron chi connectivity index (χ2n) is 9.99. The van der Waals surface area contributed by atoms with Gasteiger partial charge in [-0.25, -0.2) is 27.7 Å². The molecule has 0 aliphatic carbocycles. The maximum absolute atomic E-state index is 15.1. The number of aliphatic imine (C=N–C) groups is 1. The highest BCUT2D eigenvalue weighted by Gasteiger charge is 2.48.